The van der Waals surface area contributed by atoms with Crippen LogP contribution >= 0.6 is 0 Å². The van der Waals surface area contributed by atoms with Crippen molar-refractivity contribution in [1.29, 1.82) is 0 Å². The van der Waals surface area contributed by atoms with E-state index >= 15 is 0 Å². The molecule has 0 unspecified atom stereocenters. The third-order valence-corrected chi connectivity index (χ3v) is 1.52. The van der Waals surface area contributed by atoms with E-state index in [0.29, 0.717) is 0 Å². The second-order valence-corrected chi connectivity index (χ2v) is 2.62. The zero-order valence-corrected chi connectivity index (χ0v) is 8.41. The molecule has 0 saturated heterocycles. The van der Waals surface area contributed by atoms with E-state index in [1.165, 1.54) is 5.56 Å². The summed E-state index contributed by atoms with van der Waals surface area (Å²) >= 11 is 0. The molecule has 13 heavy (non-hydrogen) atoms. The van der Waals surface area contributed by atoms with E-state index in [1.807, 2.05) is 24.3 Å². The van der Waals surface area contributed by atoms with Gasteiger partial charge in [-0.1, -0.05) is 31.2 Å². The number of carbonyl (C=O) groups excluding carboxylic acids is 1. The highest BCUT2D eigenvalue weighted by Gasteiger charge is 1.88. The average molecular weight is 180 g/mol. The molecule has 0 spiro atoms. The first-order chi connectivity index (χ1) is 6.28. The maximum absolute atomic E-state index is 10.2. The Labute approximate surface area is 79.5 Å². The first kappa shape index (κ1) is 11.8. The lowest BCUT2D eigenvalue weighted by atomic mass is 10.1. The molecular formula is C11H16O2. The van der Waals surface area contributed by atoms with Crippen LogP contribution in [0.1, 0.15) is 22.8 Å². The van der Waals surface area contributed by atoms with Gasteiger partial charge in [0.15, 0.2) is 0 Å². The van der Waals surface area contributed by atoms with Gasteiger partial charge in [-0.05, 0) is 12.0 Å². The van der Waals surface area contributed by atoms with Crippen LogP contribution in [0.4, 0.5) is 0 Å². The lowest BCUT2D eigenvalue weighted by Crippen LogP contribution is -1.81. The van der Waals surface area contributed by atoms with Crippen LogP contribution in [0.3, 0.4) is 0 Å². The summed E-state index contributed by atoms with van der Waals surface area (Å²) in [5, 5.41) is 0. The molecule has 0 heterocycles. The number of rotatable bonds is 2. The van der Waals surface area contributed by atoms with Gasteiger partial charge in [0, 0.05) is 19.8 Å². The van der Waals surface area contributed by atoms with Crippen LogP contribution in [0.15, 0.2) is 24.3 Å². The number of carbonyl (C=O) groups is 1. The number of aryl methyl sites for hydroxylation is 1. The Morgan fingerprint density at radius 1 is 1.23 bits per heavy atom. The third-order valence-electron chi connectivity index (χ3n) is 1.52. The summed E-state index contributed by atoms with van der Waals surface area (Å²) in [5.41, 5.74) is 2.02. The van der Waals surface area contributed by atoms with E-state index < -0.39 is 0 Å². The SMILES string of the molecule is CCc1ccc(C=O)cc1.COC. The standard InChI is InChI=1S/C9H10O.C2H6O/c1-2-8-3-5-9(7-10)6-4-8;1-3-2/h3-7H,2H2,1H3;1-2H3. The highest BCUT2D eigenvalue weighted by Crippen LogP contribution is 2.01. The normalized spacial score (nSPS) is 8.54. The van der Waals surface area contributed by atoms with Gasteiger partial charge in [-0.25, -0.2) is 0 Å². The van der Waals surface area contributed by atoms with E-state index in [1.54, 1.807) is 14.2 Å². The van der Waals surface area contributed by atoms with E-state index in [-0.39, 0.29) is 0 Å². The van der Waals surface area contributed by atoms with Crippen LogP contribution in [0.2, 0.25) is 0 Å². The summed E-state index contributed by atoms with van der Waals surface area (Å²) in [5.74, 6) is 0. The van der Waals surface area contributed by atoms with Gasteiger partial charge in [-0.15, -0.1) is 0 Å². The summed E-state index contributed by atoms with van der Waals surface area (Å²) in [6.07, 6.45) is 1.89. The predicted octanol–water partition coefficient (Wildman–Crippen LogP) is 2.32. The van der Waals surface area contributed by atoms with Crippen molar-refractivity contribution >= 4 is 6.29 Å². The predicted molar refractivity (Wildman–Crippen MR) is 54.1 cm³/mol. The second-order valence-electron chi connectivity index (χ2n) is 2.62. The molecule has 0 aliphatic rings. The molecule has 0 radical (unpaired) electrons. The van der Waals surface area contributed by atoms with Crippen molar-refractivity contribution < 1.29 is 9.53 Å². The Morgan fingerprint density at radius 3 is 2.00 bits per heavy atom. The third kappa shape index (κ3) is 5.15. The van der Waals surface area contributed by atoms with Crippen LogP contribution in [-0.2, 0) is 11.2 Å². The topological polar surface area (TPSA) is 26.3 Å². The Balaban J connectivity index is 0.000000424. The molecule has 0 amide bonds. The molecule has 0 fully saturated rings. The van der Waals surface area contributed by atoms with Gasteiger partial charge in [0.1, 0.15) is 6.29 Å². The molecule has 0 N–H and O–H groups in total. The quantitative estimate of drug-likeness (QED) is 0.653. The monoisotopic (exact) mass is 180 g/mol. The first-order valence-electron chi connectivity index (χ1n) is 4.22. The molecule has 0 bridgehead atoms. The average Bonchev–Trinajstić information content (AvgIpc) is 2.19. The fourth-order valence-electron chi connectivity index (χ4n) is 0.832. The molecule has 1 rings (SSSR count). The largest absolute Gasteiger partial charge is 0.388 e. The molecule has 1 aromatic rings. The lowest BCUT2D eigenvalue weighted by molar-refractivity contribution is 0.112. The summed E-state index contributed by atoms with van der Waals surface area (Å²) in [6.45, 7) is 2.09. The van der Waals surface area contributed by atoms with Crippen LogP contribution in [0.5, 0.6) is 0 Å². The van der Waals surface area contributed by atoms with Crippen LogP contribution in [0, 0.1) is 0 Å². The first-order valence-corrected chi connectivity index (χ1v) is 4.22. The molecule has 0 saturated carbocycles. The number of benzene rings is 1. The summed E-state index contributed by atoms with van der Waals surface area (Å²) in [4.78, 5) is 10.2. The van der Waals surface area contributed by atoms with Gasteiger partial charge in [-0.2, -0.15) is 0 Å². The van der Waals surface area contributed by atoms with Gasteiger partial charge in [0.05, 0.1) is 0 Å². The van der Waals surface area contributed by atoms with Crippen molar-refractivity contribution in [3.8, 4) is 0 Å². The minimum absolute atomic E-state index is 0.747. The van der Waals surface area contributed by atoms with Gasteiger partial charge < -0.3 is 4.74 Å². The molecule has 0 atom stereocenters. The highest BCUT2D eigenvalue weighted by atomic mass is 16.4. The van der Waals surface area contributed by atoms with Gasteiger partial charge in [0.25, 0.3) is 0 Å². The summed E-state index contributed by atoms with van der Waals surface area (Å²) < 4.78 is 4.25. The minimum Gasteiger partial charge on any atom is -0.388 e. The second kappa shape index (κ2) is 7.50. The molecule has 72 valence electrons. The minimum atomic E-state index is 0.747. The van der Waals surface area contributed by atoms with Crippen molar-refractivity contribution in [3.05, 3.63) is 35.4 Å². The van der Waals surface area contributed by atoms with E-state index in [4.69, 9.17) is 0 Å². The van der Waals surface area contributed by atoms with Crippen LogP contribution in [0.25, 0.3) is 0 Å². The van der Waals surface area contributed by atoms with Crippen molar-refractivity contribution in [2.24, 2.45) is 0 Å². The Morgan fingerprint density at radius 2 is 1.69 bits per heavy atom. The zero-order chi connectivity index (χ0) is 10.1. The molecular weight excluding hydrogens is 164 g/mol. The maximum Gasteiger partial charge on any atom is 0.150 e. The Kier molecular flexibility index (Phi) is 6.83. The number of ether oxygens (including phenoxy) is 1. The van der Waals surface area contributed by atoms with Gasteiger partial charge in [-0.3, -0.25) is 4.79 Å². The fraction of sp³-hybridized carbons (Fsp3) is 0.364. The highest BCUT2D eigenvalue weighted by molar-refractivity contribution is 5.74. The number of hydrogen-bond donors (Lipinski definition) is 0. The molecule has 1 aromatic carbocycles. The van der Waals surface area contributed by atoms with E-state index in [9.17, 15) is 4.79 Å². The van der Waals surface area contributed by atoms with Gasteiger partial charge >= 0.3 is 0 Å². The number of methoxy groups -OCH3 is 1. The lowest BCUT2D eigenvalue weighted by Gasteiger charge is -1.93. The zero-order valence-electron chi connectivity index (χ0n) is 8.41. The molecule has 0 aliphatic heterocycles. The molecule has 0 aromatic heterocycles. The Hall–Kier alpha value is -1.15. The van der Waals surface area contributed by atoms with E-state index in [2.05, 4.69) is 11.7 Å². The summed E-state index contributed by atoms with van der Waals surface area (Å²) in [6, 6.07) is 7.63. The van der Waals surface area contributed by atoms with Crippen LogP contribution in [-0.4, -0.2) is 20.5 Å². The van der Waals surface area contributed by atoms with Crippen LogP contribution < -0.4 is 0 Å². The van der Waals surface area contributed by atoms with Crippen molar-refractivity contribution in [2.75, 3.05) is 14.2 Å². The molecule has 2 nitrogen and oxygen atoms in total. The molecule has 2 heteroatoms. The molecule has 0 aliphatic carbocycles. The van der Waals surface area contributed by atoms with Crippen molar-refractivity contribution in [3.63, 3.8) is 0 Å². The van der Waals surface area contributed by atoms with Gasteiger partial charge in [0.2, 0.25) is 0 Å². The maximum atomic E-state index is 10.2. The van der Waals surface area contributed by atoms with Crippen molar-refractivity contribution in [2.45, 2.75) is 13.3 Å². The Bertz CT molecular complexity index is 226. The summed E-state index contributed by atoms with van der Waals surface area (Å²) in [7, 11) is 3.25. The van der Waals surface area contributed by atoms with E-state index in [0.717, 1.165) is 18.3 Å². The number of aldehydes is 1. The fourth-order valence-corrected chi connectivity index (χ4v) is 0.832. The van der Waals surface area contributed by atoms with Crippen molar-refractivity contribution in [1.82, 2.24) is 0 Å². The number of hydrogen-bond acceptors (Lipinski definition) is 2. The smallest absolute Gasteiger partial charge is 0.150 e.